The number of amides is 12. The third-order valence-corrected chi connectivity index (χ3v) is 18.1. The van der Waals surface area contributed by atoms with Crippen LogP contribution in [-0.4, -0.2) is 199 Å². The minimum absolute atomic E-state index is 0.000511. The zero-order chi connectivity index (χ0) is 73.6. The molecule has 4 rings (SSSR count). The van der Waals surface area contributed by atoms with Gasteiger partial charge in [0.25, 0.3) is 0 Å². The summed E-state index contributed by atoms with van der Waals surface area (Å²) in [5.41, 5.74) is 18.7. The number of nitrogens with one attached hydrogen (secondary N) is 12. The molecule has 99 heavy (non-hydrogen) atoms. The highest BCUT2D eigenvalue weighted by Gasteiger charge is 2.40. The van der Waals surface area contributed by atoms with Crippen molar-refractivity contribution in [2.24, 2.45) is 45.9 Å². The third-order valence-electron chi connectivity index (χ3n) is 16.9. The average molecular weight is 1410 g/mol. The summed E-state index contributed by atoms with van der Waals surface area (Å²) in [5, 5.41) is 48.9. The number of carbonyl (C=O) groups is 14. The third kappa shape index (κ3) is 27.7. The number of aromatic amines is 1. The molecule has 0 radical (unpaired) electrons. The van der Waals surface area contributed by atoms with E-state index in [1.165, 1.54) is 24.3 Å². The van der Waals surface area contributed by atoms with Crippen molar-refractivity contribution >= 4 is 99.6 Å². The number of thioether (sulfide) groups is 1. The molecule has 1 aromatic heterocycles. The van der Waals surface area contributed by atoms with E-state index in [-0.39, 0.29) is 88.5 Å². The van der Waals surface area contributed by atoms with E-state index in [0.29, 0.717) is 16.3 Å². The van der Waals surface area contributed by atoms with Gasteiger partial charge in [-0.15, -0.1) is 11.8 Å². The first-order valence-electron chi connectivity index (χ1n) is 33.6. The van der Waals surface area contributed by atoms with Crippen molar-refractivity contribution in [1.82, 2.24) is 68.5 Å². The number of H-pyrrole nitrogens is 1. The van der Waals surface area contributed by atoms with Gasteiger partial charge in [0.2, 0.25) is 70.9 Å². The Morgan fingerprint density at radius 1 is 0.667 bits per heavy atom. The van der Waals surface area contributed by atoms with Gasteiger partial charge in [-0.3, -0.25) is 72.1 Å². The largest absolute Gasteiger partial charge is 0.481 e. The first-order chi connectivity index (χ1) is 46.8. The van der Waals surface area contributed by atoms with Crippen LogP contribution in [0.3, 0.4) is 0 Å². The Labute approximate surface area is 579 Å². The predicted molar refractivity (Wildman–Crippen MR) is 365 cm³/mol. The summed E-state index contributed by atoms with van der Waals surface area (Å²) in [6, 6.07) is -8.38. The van der Waals surface area contributed by atoms with Gasteiger partial charge in [0.05, 0.1) is 30.3 Å². The number of carboxylic acid groups (broad SMARTS) is 2. The molecule has 0 bridgehead atoms. The summed E-state index contributed by atoms with van der Waals surface area (Å²) in [4.78, 5) is 206. The van der Waals surface area contributed by atoms with Crippen LogP contribution in [0.1, 0.15) is 144 Å². The van der Waals surface area contributed by atoms with E-state index in [9.17, 15) is 77.3 Å². The molecule has 2 aliphatic rings. The van der Waals surface area contributed by atoms with E-state index in [2.05, 4.69) is 73.4 Å². The molecule has 2 aromatic rings. The molecule has 1 aromatic carbocycles. The molecule has 0 spiro atoms. The van der Waals surface area contributed by atoms with Gasteiger partial charge in [-0.25, -0.2) is 4.98 Å². The number of carbonyl (C=O) groups excluding carboxylic acids is 12. The summed E-state index contributed by atoms with van der Waals surface area (Å²) >= 11 is 1.35. The van der Waals surface area contributed by atoms with Crippen molar-refractivity contribution in [3.63, 3.8) is 0 Å². The van der Waals surface area contributed by atoms with Crippen molar-refractivity contribution in [3.8, 4) is 0 Å². The molecule has 12 amide bonds. The smallest absolute Gasteiger partial charge is 0.305 e. The zero-order valence-electron chi connectivity index (χ0n) is 57.4. The van der Waals surface area contributed by atoms with Crippen LogP contribution in [0.25, 0.3) is 0 Å². The Balaban J connectivity index is 1.76. The number of nitrogens with two attached hydrogens (primary N) is 3. The predicted octanol–water partition coefficient (Wildman–Crippen LogP) is -2.07. The number of imidazole rings is 1. The molecule has 0 aliphatic carbocycles. The number of carboxylic acids is 2. The molecule has 2 aliphatic heterocycles. The van der Waals surface area contributed by atoms with Crippen molar-refractivity contribution < 1.29 is 77.3 Å². The second-order valence-electron chi connectivity index (χ2n) is 25.8. The summed E-state index contributed by atoms with van der Waals surface area (Å²) in [6.45, 7) is 13.9. The lowest BCUT2D eigenvalue weighted by atomic mass is 9.96. The van der Waals surface area contributed by atoms with Gasteiger partial charge in [0.15, 0.2) is 0 Å². The fourth-order valence-corrected chi connectivity index (χ4v) is 11.9. The van der Waals surface area contributed by atoms with Crippen LogP contribution < -0.4 is 75.7 Å². The van der Waals surface area contributed by atoms with Gasteiger partial charge in [0, 0.05) is 43.5 Å². The van der Waals surface area contributed by atoms with Crippen LogP contribution in [-0.2, 0) is 80.0 Å². The van der Waals surface area contributed by atoms with Crippen LogP contribution in [0.5, 0.6) is 0 Å². The van der Waals surface area contributed by atoms with Crippen molar-refractivity contribution in [2.75, 3.05) is 18.8 Å². The van der Waals surface area contributed by atoms with Gasteiger partial charge in [-0.05, 0) is 80.7 Å². The van der Waals surface area contributed by atoms with E-state index >= 15 is 0 Å². The first-order valence-corrected chi connectivity index (χ1v) is 34.5. The zero-order valence-corrected chi connectivity index (χ0v) is 58.3. The second kappa shape index (κ2) is 41.4. The van der Waals surface area contributed by atoms with Gasteiger partial charge >= 0.3 is 11.9 Å². The highest BCUT2D eigenvalue weighted by Crippen LogP contribution is 2.25. The maximum absolute atomic E-state index is 14.8. The van der Waals surface area contributed by atoms with Crippen molar-refractivity contribution in [3.05, 3.63) is 54.1 Å². The number of hydrogen-bond acceptors (Lipinski definition) is 19. The minimum atomic E-state index is -1.94. The molecule has 1 unspecified atom stereocenters. The molecule has 548 valence electrons. The second-order valence-corrected chi connectivity index (χ2v) is 26.9. The molecule has 3 heterocycles. The average Bonchev–Trinajstić information content (AvgIpc) is 1.62. The fourth-order valence-electron chi connectivity index (χ4n) is 10.7. The Bertz CT molecular complexity index is 3140. The number of aromatic nitrogens is 2. The summed E-state index contributed by atoms with van der Waals surface area (Å²) < 4.78 is 0. The Kier molecular flexibility index (Phi) is 34.4. The van der Waals surface area contributed by atoms with Gasteiger partial charge in [0.1, 0.15) is 66.5 Å². The van der Waals surface area contributed by atoms with Gasteiger partial charge < -0.3 is 90.9 Å². The summed E-state index contributed by atoms with van der Waals surface area (Å²) in [5.74, 6) is -15.5. The van der Waals surface area contributed by atoms with Crippen LogP contribution in [0, 0.1) is 23.7 Å². The number of benzene rings is 1. The quantitative estimate of drug-likeness (QED) is 0.0400. The normalized spacial score (nSPS) is 23.0. The highest BCUT2D eigenvalue weighted by molar-refractivity contribution is 8.14. The topological polar surface area (TPSA) is 531 Å². The minimum Gasteiger partial charge on any atom is -0.481 e. The summed E-state index contributed by atoms with van der Waals surface area (Å²) in [7, 11) is 0. The van der Waals surface area contributed by atoms with E-state index in [1.54, 1.807) is 58.0 Å². The molecule has 20 N–H and O–H groups in total. The van der Waals surface area contributed by atoms with Crippen LogP contribution in [0.15, 0.2) is 47.8 Å². The molecular weight excluding hydrogens is 1310 g/mol. The Morgan fingerprint density at radius 3 is 1.85 bits per heavy atom. The molecule has 33 nitrogen and oxygen atoms in total. The standard InChI is InChI=1S/C65H101N17O16S/c1-9-35(7)51(68)65-80-47(31-99-65)62(96)75-42(25-33(3)4)58(92)73-41(21-22-49(84)85)57(91)82-53(36(8)10-2)64(98)74-39-19-14-15-24-70-54(88)45(28-48(67)83)77-61(95)46(29-50(86)87)78-60(94)44(27-38-30-69-32-71-38)76-59(93)43(26-37-17-12-11-13-18-37)79-63(97)52(34(5)6)81-56(90)40(20-16-23-66)72-55(39)89/h11-13,17-18,30,32-36,39-47,51-53H,9-10,14-16,19-29,31,66,68H2,1-8H3,(H2,67,83)(H,69,71)(H,70,88)(H,72,89)(H,73,92)(H,74,98)(H,75,96)(H,76,93)(H,77,95)(H,78,94)(H,79,97)(H,81,90)(H,82,91)(H,84,85)(H,86,87)/t35-,36-,39-,40-,41-,42-,43-,44?,45+,46-,47+,51-,52+,53-/m1/s1. The fraction of sp³-hybridized carbons (Fsp3) is 0.631. The maximum atomic E-state index is 14.8. The van der Waals surface area contributed by atoms with Crippen molar-refractivity contribution in [2.45, 2.75) is 218 Å². The van der Waals surface area contributed by atoms with Crippen LogP contribution in [0.4, 0.5) is 0 Å². The monoisotopic (exact) mass is 1410 g/mol. The number of aliphatic carboxylic acids is 2. The number of hydrogen-bond donors (Lipinski definition) is 17. The molecule has 1 fully saturated rings. The SMILES string of the molecule is CC[C@@H](C)[C@@H](N)C1=N[C@H](C(=O)N[C@H](CC(C)C)C(=O)N[C@H](CCC(=O)O)C(=O)N[C@@H](C(=O)N[C@@H]2CCCCNC(=O)[C@H](CC(N)=O)NC(=O)[C@@H](CC(=O)O)NC(=O)C(Cc3cnc[nH]3)NC(=O)[C@@H](Cc3ccccc3)NC(=O)[C@H](C(C)C)NC(=O)[C@@H](CCCN)NC2=O)[C@H](C)CC)CS1. The number of primary amides is 1. The lowest BCUT2D eigenvalue weighted by molar-refractivity contribution is -0.142. The lowest BCUT2D eigenvalue weighted by Crippen LogP contribution is -2.62. The number of nitrogens with zero attached hydrogens (tertiary/aromatic N) is 2. The van der Waals surface area contributed by atoms with Gasteiger partial charge in [-0.2, -0.15) is 0 Å². The van der Waals surface area contributed by atoms with Crippen LogP contribution in [0.2, 0.25) is 0 Å². The van der Waals surface area contributed by atoms with E-state index in [4.69, 9.17) is 17.2 Å². The molecule has 34 heteroatoms. The summed E-state index contributed by atoms with van der Waals surface area (Å²) in [6.07, 6.45) is 0.0672. The molecule has 1 saturated heterocycles. The number of aliphatic imine (C=N–C) groups is 1. The Hall–Kier alpha value is -9.05. The van der Waals surface area contributed by atoms with Crippen LogP contribution >= 0.6 is 11.8 Å². The van der Waals surface area contributed by atoms with E-state index in [1.807, 2.05) is 27.7 Å². The Morgan fingerprint density at radius 2 is 1.26 bits per heavy atom. The lowest BCUT2D eigenvalue weighted by Gasteiger charge is -2.30. The molecular formula is C65H101N17O16S. The van der Waals surface area contributed by atoms with E-state index in [0.717, 1.165) is 6.42 Å². The maximum Gasteiger partial charge on any atom is 0.305 e. The molecule has 0 saturated carbocycles. The number of rotatable bonds is 30. The van der Waals surface area contributed by atoms with Crippen molar-refractivity contribution in [1.29, 1.82) is 0 Å². The highest BCUT2D eigenvalue weighted by atomic mass is 32.2. The van der Waals surface area contributed by atoms with Gasteiger partial charge in [-0.1, -0.05) is 98.6 Å². The molecule has 14 atom stereocenters. The first kappa shape index (κ1) is 82.4. The van der Waals surface area contributed by atoms with E-state index < -0.39 is 193 Å².